The number of hydrogen-bond donors (Lipinski definition) is 2. The minimum atomic E-state index is -0.514. The van der Waals surface area contributed by atoms with E-state index in [1.807, 2.05) is 32.9 Å². The molecule has 0 radical (unpaired) electrons. The highest BCUT2D eigenvalue weighted by Gasteiger charge is 2.27. The van der Waals surface area contributed by atoms with Gasteiger partial charge in [0.2, 0.25) is 0 Å². The van der Waals surface area contributed by atoms with Crippen LogP contribution in [0.4, 0.5) is 0 Å². The van der Waals surface area contributed by atoms with Gasteiger partial charge < -0.3 is 10.4 Å². The Balaban J connectivity index is 2.29. The number of aliphatic hydroxyl groups excluding tert-OH is 1. The zero-order chi connectivity index (χ0) is 22.9. The monoisotopic (exact) mass is 424 g/mol. The Morgan fingerprint density at radius 3 is 2.65 bits per heavy atom. The van der Waals surface area contributed by atoms with Gasteiger partial charge in [0.05, 0.1) is 29.4 Å². The summed E-state index contributed by atoms with van der Waals surface area (Å²) < 4.78 is 0. The highest BCUT2D eigenvalue weighted by molar-refractivity contribution is 6.22. The van der Waals surface area contributed by atoms with Crippen molar-refractivity contribution in [2.24, 2.45) is 5.41 Å². The fourth-order valence-electron chi connectivity index (χ4n) is 3.32. The van der Waals surface area contributed by atoms with Crippen molar-refractivity contribution < 1.29 is 9.90 Å². The van der Waals surface area contributed by atoms with E-state index in [-0.39, 0.29) is 12.4 Å². The molecular weight excluding hydrogens is 388 g/mol. The molecule has 0 aliphatic carbocycles. The van der Waals surface area contributed by atoms with Gasteiger partial charge in [0, 0.05) is 37.4 Å². The van der Waals surface area contributed by atoms with E-state index >= 15 is 0 Å². The normalized spacial score (nSPS) is 12.3. The van der Waals surface area contributed by atoms with E-state index in [1.165, 1.54) is 5.56 Å². The molecular formula is C25H36N4O2. The number of hydrogen-bond acceptors (Lipinski definition) is 6. The Kier molecular flexibility index (Phi) is 9.34. The SMILES string of the molecule is CCN(CCCCO)Cc1cccc(-c2cncc(/C(=C\NC)C(=O)C(C)(C)C)n2)c1. The average Bonchev–Trinajstić information content (AvgIpc) is 2.76. The first-order valence-electron chi connectivity index (χ1n) is 11.0. The van der Waals surface area contributed by atoms with Crippen LogP contribution in [-0.4, -0.2) is 52.5 Å². The maximum absolute atomic E-state index is 12.9. The summed E-state index contributed by atoms with van der Waals surface area (Å²) in [5.74, 6) is 0.0171. The Hall–Kier alpha value is -2.57. The molecule has 2 aromatic rings. The molecule has 2 N–H and O–H groups in total. The summed E-state index contributed by atoms with van der Waals surface area (Å²) in [6, 6.07) is 8.30. The number of nitrogens with one attached hydrogen (secondary N) is 1. The molecule has 6 heteroatoms. The first-order chi connectivity index (χ1) is 14.8. The third kappa shape index (κ3) is 7.26. The number of allylic oxidation sites excluding steroid dienone is 1. The Bertz CT molecular complexity index is 887. The van der Waals surface area contributed by atoms with Crippen LogP contribution in [0.5, 0.6) is 0 Å². The zero-order valence-corrected chi connectivity index (χ0v) is 19.5. The van der Waals surface area contributed by atoms with Crippen LogP contribution in [0.15, 0.2) is 42.9 Å². The molecule has 0 aliphatic heterocycles. The van der Waals surface area contributed by atoms with Gasteiger partial charge in [-0.2, -0.15) is 0 Å². The molecule has 31 heavy (non-hydrogen) atoms. The van der Waals surface area contributed by atoms with Gasteiger partial charge in [0.25, 0.3) is 0 Å². The van der Waals surface area contributed by atoms with Crippen molar-refractivity contribution >= 4 is 11.4 Å². The van der Waals surface area contributed by atoms with Crippen molar-refractivity contribution in [1.29, 1.82) is 0 Å². The maximum atomic E-state index is 12.9. The number of unbranched alkanes of at least 4 members (excludes halogenated alkanes) is 1. The molecule has 1 aromatic heterocycles. The van der Waals surface area contributed by atoms with Crippen molar-refractivity contribution in [2.75, 3.05) is 26.7 Å². The lowest BCUT2D eigenvalue weighted by atomic mass is 9.85. The number of benzene rings is 1. The van der Waals surface area contributed by atoms with Crippen LogP contribution in [0, 0.1) is 5.41 Å². The van der Waals surface area contributed by atoms with Gasteiger partial charge in [0.1, 0.15) is 0 Å². The average molecular weight is 425 g/mol. The predicted molar refractivity (Wildman–Crippen MR) is 126 cm³/mol. The molecule has 0 spiro atoms. The van der Waals surface area contributed by atoms with Crippen molar-refractivity contribution in [3.8, 4) is 11.3 Å². The quantitative estimate of drug-likeness (QED) is 0.421. The molecule has 0 fully saturated rings. The van der Waals surface area contributed by atoms with E-state index < -0.39 is 5.41 Å². The maximum Gasteiger partial charge on any atom is 0.171 e. The van der Waals surface area contributed by atoms with Crippen molar-refractivity contribution in [3.63, 3.8) is 0 Å². The highest BCUT2D eigenvalue weighted by atomic mass is 16.2. The fourth-order valence-corrected chi connectivity index (χ4v) is 3.32. The second-order valence-corrected chi connectivity index (χ2v) is 8.72. The molecule has 6 nitrogen and oxygen atoms in total. The summed E-state index contributed by atoms with van der Waals surface area (Å²) in [4.78, 5) is 24.4. The Labute approximate surface area is 186 Å². The number of carbonyl (C=O) groups is 1. The number of aliphatic hydroxyl groups is 1. The summed E-state index contributed by atoms with van der Waals surface area (Å²) in [6.07, 6.45) is 6.89. The lowest BCUT2D eigenvalue weighted by molar-refractivity contribution is -0.120. The summed E-state index contributed by atoms with van der Waals surface area (Å²) in [5, 5.41) is 12.0. The van der Waals surface area contributed by atoms with E-state index in [1.54, 1.807) is 25.6 Å². The Morgan fingerprint density at radius 2 is 2.00 bits per heavy atom. The van der Waals surface area contributed by atoms with Crippen LogP contribution in [0.3, 0.4) is 0 Å². The lowest BCUT2D eigenvalue weighted by Gasteiger charge is -2.20. The molecule has 0 saturated heterocycles. The second kappa shape index (κ2) is 11.7. The van der Waals surface area contributed by atoms with Crippen molar-refractivity contribution in [2.45, 2.75) is 47.1 Å². The fraction of sp³-hybridized carbons (Fsp3) is 0.480. The van der Waals surface area contributed by atoms with Crippen LogP contribution in [-0.2, 0) is 11.3 Å². The van der Waals surface area contributed by atoms with E-state index in [9.17, 15) is 4.79 Å². The minimum Gasteiger partial charge on any atom is -0.396 e. The van der Waals surface area contributed by atoms with Crippen LogP contribution in [0.25, 0.3) is 16.8 Å². The van der Waals surface area contributed by atoms with Crippen LogP contribution in [0.2, 0.25) is 0 Å². The topological polar surface area (TPSA) is 78.4 Å². The standard InChI is InChI=1S/C25H36N4O2/c1-6-29(12-7-8-13-30)18-19-10-9-11-20(14-19)22-16-27-17-23(28-22)21(15-26-5)24(31)25(2,3)4/h9-11,14-17,26,30H,6-8,12-13,18H2,1-5H3/b21-15+. The lowest BCUT2D eigenvalue weighted by Crippen LogP contribution is -2.24. The van der Waals surface area contributed by atoms with Gasteiger partial charge in [-0.15, -0.1) is 0 Å². The molecule has 0 aliphatic rings. The number of aromatic nitrogens is 2. The van der Waals surface area contributed by atoms with Gasteiger partial charge in [-0.05, 0) is 37.6 Å². The largest absolute Gasteiger partial charge is 0.396 e. The summed E-state index contributed by atoms with van der Waals surface area (Å²) in [7, 11) is 1.77. The van der Waals surface area contributed by atoms with E-state index in [2.05, 4.69) is 34.3 Å². The number of rotatable bonds is 11. The minimum absolute atomic E-state index is 0.0171. The molecule has 0 atom stereocenters. The van der Waals surface area contributed by atoms with Crippen molar-refractivity contribution in [3.05, 3.63) is 54.1 Å². The van der Waals surface area contributed by atoms with Gasteiger partial charge in [-0.1, -0.05) is 45.9 Å². The molecule has 168 valence electrons. The first-order valence-corrected chi connectivity index (χ1v) is 11.0. The highest BCUT2D eigenvalue weighted by Crippen LogP contribution is 2.27. The van der Waals surface area contributed by atoms with Gasteiger partial charge >= 0.3 is 0 Å². The predicted octanol–water partition coefficient (Wildman–Crippen LogP) is 3.91. The first kappa shape index (κ1) is 24.7. The summed E-state index contributed by atoms with van der Waals surface area (Å²) in [6.45, 7) is 10.9. The third-order valence-electron chi connectivity index (χ3n) is 5.08. The number of carbonyl (C=O) groups excluding carboxylic acids is 1. The molecule has 1 heterocycles. The molecule has 0 saturated carbocycles. The number of Topliss-reactive ketones (excluding diaryl/α,β-unsaturated/α-hetero) is 1. The van der Waals surface area contributed by atoms with E-state index in [4.69, 9.17) is 10.1 Å². The van der Waals surface area contributed by atoms with Crippen LogP contribution in [0.1, 0.15) is 51.8 Å². The zero-order valence-electron chi connectivity index (χ0n) is 19.5. The summed E-state index contributed by atoms with van der Waals surface area (Å²) >= 11 is 0. The van der Waals surface area contributed by atoms with E-state index in [0.717, 1.165) is 43.7 Å². The van der Waals surface area contributed by atoms with Crippen LogP contribution < -0.4 is 5.32 Å². The molecule has 0 bridgehead atoms. The number of nitrogens with zero attached hydrogens (tertiary/aromatic N) is 3. The van der Waals surface area contributed by atoms with E-state index in [0.29, 0.717) is 11.3 Å². The van der Waals surface area contributed by atoms with Crippen LogP contribution >= 0.6 is 0 Å². The van der Waals surface area contributed by atoms with Gasteiger partial charge in [-0.25, -0.2) is 4.98 Å². The molecule has 1 aromatic carbocycles. The van der Waals surface area contributed by atoms with Gasteiger partial charge in [0.15, 0.2) is 5.78 Å². The summed E-state index contributed by atoms with van der Waals surface area (Å²) in [5.41, 5.74) is 3.50. The molecule has 2 rings (SSSR count). The number of ketones is 1. The second-order valence-electron chi connectivity index (χ2n) is 8.72. The third-order valence-corrected chi connectivity index (χ3v) is 5.08. The molecule has 0 amide bonds. The molecule has 0 unspecified atom stereocenters. The van der Waals surface area contributed by atoms with Gasteiger partial charge in [-0.3, -0.25) is 14.7 Å². The van der Waals surface area contributed by atoms with Crippen molar-refractivity contribution in [1.82, 2.24) is 20.2 Å². The smallest absolute Gasteiger partial charge is 0.171 e. The Morgan fingerprint density at radius 1 is 1.23 bits per heavy atom.